The van der Waals surface area contributed by atoms with Gasteiger partial charge in [-0.2, -0.15) is 0 Å². The van der Waals surface area contributed by atoms with Crippen LogP contribution in [0.5, 0.6) is 5.75 Å². The highest BCUT2D eigenvalue weighted by Gasteiger charge is 2.21. The molecule has 174 valence electrons. The number of amides is 1. The Morgan fingerprint density at radius 3 is 2.45 bits per heavy atom. The maximum absolute atomic E-state index is 12.4. The maximum atomic E-state index is 12.4. The summed E-state index contributed by atoms with van der Waals surface area (Å²) < 4.78 is 7.32. The molecule has 33 heavy (non-hydrogen) atoms. The van der Waals surface area contributed by atoms with Crippen molar-refractivity contribution in [3.05, 3.63) is 53.6 Å². The topological polar surface area (TPSA) is 109 Å². The third-order valence-electron chi connectivity index (χ3n) is 4.72. The number of carboxylic acids is 1. The lowest BCUT2D eigenvalue weighted by molar-refractivity contribution is -0.309. The quantitative estimate of drug-likeness (QED) is 0.438. The molecule has 1 heterocycles. The van der Waals surface area contributed by atoms with Gasteiger partial charge >= 0.3 is 0 Å². The van der Waals surface area contributed by atoms with Gasteiger partial charge in [-0.25, -0.2) is 0 Å². The zero-order chi connectivity index (χ0) is 24.0. The highest BCUT2D eigenvalue weighted by Crippen LogP contribution is 2.32. The van der Waals surface area contributed by atoms with Crippen molar-refractivity contribution in [2.75, 3.05) is 12.4 Å². The molecule has 1 N–H and O–H groups in total. The van der Waals surface area contributed by atoms with Crippen LogP contribution in [-0.2, 0) is 9.59 Å². The van der Waals surface area contributed by atoms with Crippen LogP contribution in [0.3, 0.4) is 0 Å². The molecule has 1 atom stereocenters. The molecule has 1 aromatic heterocycles. The van der Waals surface area contributed by atoms with Gasteiger partial charge < -0.3 is 20.0 Å². The van der Waals surface area contributed by atoms with E-state index in [4.69, 9.17) is 16.3 Å². The van der Waals surface area contributed by atoms with E-state index >= 15 is 0 Å². The minimum atomic E-state index is -1.32. The molecule has 0 bridgehead atoms. The monoisotopic (exact) mass is 487 g/mol. The van der Waals surface area contributed by atoms with Gasteiger partial charge in [0.2, 0.25) is 5.91 Å². The average molecular weight is 488 g/mol. The number of ether oxygens (including phenoxy) is 1. The third-order valence-corrected chi connectivity index (χ3v) is 5.98. The van der Waals surface area contributed by atoms with E-state index in [2.05, 4.69) is 15.5 Å². The minimum absolute atomic E-state index is 0.0474. The lowest BCUT2D eigenvalue weighted by Crippen LogP contribution is -2.51. The zero-order valence-electron chi connectivity index (χ0n) is 18.4. The van der Waals surface area contributed by atoms with Crippen LogP contribution in [0.25, 0.3) is 17.1 Å². The number of benzene rings is 2. The summed E-state index contributed by atoms with van der Waals surface area (Å²) in [5.41, 5.74) is 1.45. The summed E-state index contributed by atoms with van der Waals surface area (Å²) in [6.07, 6.45) is 0. The van der Waals surface area contributed by atoms with Crippen molar-refractivity contribution in [3.63, 3.8) is 0 Å². The van der Waals surface area contributed by atoms with E-state index in [-0.39, 0.29) is 11.7 Å². The second-order valence-electron chi connectivity index (χ2n) is 7.45. The van der Waals surface area contributed by atoms with Crippen LogP contribution in [0.2, 0.25) is 5.02 Å². The van der Waals surface area contributed by atoms with Gasteiger partial charge in [0.15, 0.2) is 11.0 Å². The first-order valence-electron chi connectivity index (χ1n) is 10.4. The zero-order valence-corrected chi connectivity index (χ0v) is 20.0. The van der Waals surface area contributed by atoms with Crippen molar-refractivity contribution >= 4 is 35.2 Å². The second-order valence-corrected chi connectivity index (χ2v) is 8.79. The van der Waals surface area contributed by atoms with E-state index in [1.54, 1.807) is 24.5 Å². The summed E-state index contributed by atoms with van der Waals surface area (Å²) in [5.74, 6) is -0.867. The van der Waals surface area contributed by atoms with Crippen molar-refractivity contribution in [1.29, 1.82) is 0 Å². The molecule has 2 aromatic carbocycles. The van der Waals surface area contributed by atoms with Crippen molar-refractivity contribution in [1.82, 2.24) is 20.1 Å². The molecule has 0 aliphatic rings. The predicted molar refractivity (Wildman–Crippen MR) is 125 cm³/mol. The molecule has 0 unspecified atom stereocenters. The summed E-state index contributed by atoms with van der Waals surface area (Å²) in [5, 5.41) is 23.3. The first-order valence-corrected chi connectivity index (χ1v) is 11.7. The SMILES string of the molecule is CCOc1ccc(-n2c(SCC(=O)N[C@@H](C(=O)[O-])C(C)C)nnc2-c2ccccc2Cl)cc1. The fourth-order valence-electron chi connectivity index (χ4n) is 3.11. The van der Waals surface area contributed by atoms with E-state index < -0.39 is 17.9 Å². The standard InChI is InChI=1S/C23H25ClN4O4S/c1-4-32-16-11-9-15(10-12-16)28-21(17-7-5-6-8-18(17)24)26-27-23(28)33-13-19(29)25-20(14(2)3)22(30)31/h5-12,14,20H,4,13H2,1-3H3,(H,25,29)(H,30,31)/p-1/t20-/m1/s1. The number of nitrogens with one attached hydrogen (secondary N) is 1. The number of hydrogen-bond acceptors (Lipinski definition) is 7. The summed E-state index contributed by atoms with van der Waals surface area (Å²) in [4.78, 5) is 23.7. The summed E-state index contributed by atoms with van der Waals surface area (Å²) >= 11 is 7.55. The lowest BCUT2D eigenvalue weighted by Gasteiger charge is -2.23. The number of carboxylic acid groups (broad SMARTS) is 1. The molecule has 0 fully saturated rings. The molecule has 10 heteroatoms. The summed E-state index contributed by atoms with van der Waals surface area (Å²) in [6, 6.07) is 13.6. The highest BCUT2D eigenvalue weighted by molar-refractivity contribution is 7.99. The predicted octanol–water partition coefficient (Wildman–Crippen LogP) is 2.97. The normalized spacial score (nSPS) is 11.9. The molecule has 0 aliphatic carbocycles. The smallest absolute Gasteiger partial charge is 0.231 e. The van der Waals surface area contributed by atoms with Gasteiger partial charge in [0.25, 0.3) is 0 Å². The molecule has 1 amide bonds. The number of hydrogen-bond donors (Lipinski definition) is 1. The first-order chi connectivity index (χ1) is 15.8. The number of carbonyl (C=O) groups is 2. The van der Waals surface area contributed by atoms with Crippen LogP contribution < -0.4 is 15.2 Å². The van der Waals surface area contributed by atoms with Crippen LogP contribution in [-0.4, -0.2) is 45.0 Å². The Bertz CT molecular complexity index is 1120. The van der Waals surface area contributed by atoms with Crippen LogP contribution in [0.15, 0.2) is 53.7 Å². The van der Waals surface area contributed by atoms with Crippen molar-refractivity contribution in [2.24, 2.45) is 5.92 Å². The number of nitrogens with zero attached hydrogens (tertiary/aromatic N) is 3. The largest absolute Gasteiger partial charge is 0.548 e. The van der Waals surface area contributed by atoms with Gasteiger partial charge in [-0.3, -0.25) is 9.36 Å². The Kier molecular flexibility index (Phi) is 8.35. The number of halogens is 1. The van der Waals surface area contributed by atoms with Gasteiger partial charge in [-0.15, -0.1) is 10.2 Å². The fraction of sp³-hybridized carbons (Fsp3) is 0.304. The number of rotatable bonds is 10. The van der Waals surface area contributed by atoms with Gasteiger partial charge in [0, 0.05) is 11.3 Å². The molecule has 8 nitrogen and oxygen atoms in total. The Hall–Kier alpha value is -3.04. The van der Waals surface area contributed by atoms with E-state index in [0.29, 0.717) is 28.2 Å². The van der Waals surface area contributed by atoms with Crippen LogP contribution in [0.4, 0.5) is 0 Å². The van der Waals surface area contributed by atoms with E-state index in [0.717, 1.165) is 23.2 Å². The lowest BCUT2D eigenvalue weighted by atomic mass is 10.1. The maximum Gasteiger partial charge on any atom is 0.231 e. The minimum Gasteiger partial charge on any atom is -0.548 e. The van der Waals surface area contributed by atoms with Gasteiger partial charge in [0.05, 0.1) is 29.4 Å². The summed E-state index contributed by atoms with van der Waals surface area (Å²) in [6.45, 7) is 5.86. The third kappa shape index (κ3) is 6.06. The number of aromatic nitrogens is 3. The van der Waals surface area contributed by atoms with E-state index in [1.807, 2.05) is 49.4 Å². The molecule has 3 aromatic rings. The Morgan fingerprint density at radius 1 is 1.15 bits per heavy atom. The van der Waals surface area contributed by atoms with Crippen LogP contribution in [0, 0.1) is 5.92 Å². The van der Waals surface area contributed by atoms with Crippen LogP contribution in [0.1, 0.15) is 20.8 Å². The molecule has 0 saturated heterocycles. The number of carbonyl (C=O) groups excluding carboxylic acids is 2. The molecule has 3 rings (SSSR count). The second kappa shape index (κ2) is 11.2. The molecular weight excluding hydrogens is 464 g/mol. The van der Waals surface area contributed by atoms with Gasteiger partial charge in [-0.1, -0.05) is 49.3 Å². The van der Waals surface area contributed by atoms with Crippen molar-refractivity contribution in [2.45, 2.75) is 32.0 Å². The van der Waals surface area contributed by atoms with E-state index in [1.165, 1.54) is 0 Å². The molecule has 0 saturated carbocycles. The molecule has 0 aliphatic heterocycles. The first kappa shape index (κ1) is 24.6. The number of aliphatic carboxylic acids is 1. The van der Waals surface area contributed by atoms with Crippen LogP contribution >= 0.6 is 23.4 Å². The van der Waals surface area contributed by atoms with Gasteiger partial charge in [0.1, 0.15) is 5.75 Å². The van der Waals surface area contributed by atoms with Crippen molar-refractivity contribution < 1.29 is 19.4 Å². The Balaban J connectivity index is 1.91. The Morgan fingerprint density at radius 2 is 1.85 bits per heavy atom. The molecular formula is C23H24ClN4O4S-. The average Bonchev–Trinajstić information content (AvgIpc) is 3.20. The fourth-order valence-corrected chi connectivity index (χ4v) is 4.10. The Labute approximate surface area is 201 Å². The van der Waals surface area contributed by atoms with E-state index in [9.17, 15) is 14.7 Å². The van der Waals surface area contributed by atoms with Crippen molar-refractivity contribution in [3.8, 4) is 22.8 Å². The van der Waals surface area contributed by atoms with Gasteiger partial charge in [-0.05, 0) is 49.2 Å². The highest BCUT2D eigenvalue weighted by atomic mass is 35.5. The molecule has 0 radical (unpaired) electrons. The molecule has 0 spiro atoms. The number of thioether (sulfide) groups is 1. The summed E-state index contributed by atoms with van der Waals surface area (Å²) in [7, 11) is 0.